The van der Waals surface area contributed by atoms with Gasteiger partial charge in [0.2, 0.25) is 0 Å². The van der Waals surface area contributed by atoms with Gasteiger partial charge in [0.1, 0.15) is 5.82 Å². The van der Waals surface area contributed by atoms with Crippen molar-refractivity contribution in [3.8, 4) is 0 Å². The maximum Gasteiger partial charge on any atom is 0.129 e. The fraction of sp³-hybridized carbons (Fsp3) is 0.462. The SMILES string of the molecule is CCCn1c(C(C)(C)N)nc2cccc(Cl)c21. The van der Waals surface area contributed by atoms with Crippen molar-refractivity contribution in [1.82, 2.24) is 9.55 Å². The van der Waals surface area contributed by atoms with Crippen molar-refractivity contribution in [3.63, 3.8) is 0 Å². The van der Waals surface area contributed by atoms with Gasteiger partial charge in [-0.15, -0.1) is 0 Å². The van der Waals surface area contributed by atoms with E-state index in [1.54, 1.807) is 0 Å². The van der Waals surface area contributed by atoms with E-state index < -0.39 is 5.54 Å². The van der Waals surface area contributed by atoms with Gasteiger partial charge in [-0.1, -0.05) is 24.6 Å². The van der Waals surface area contributed by atoms with Gasteiger partial charge >= 0.3 is 0 Å². The molecule has 1 aromatic heterocycles. The predicted molar refractivity (Wildman–Crippen MR) is 72.2 cm³/mol. The van der Waals surface area contributed by atoms with Crippen LogP contribution in [0.15, 0.2) is 18.2 Å². The van der Waals surface area contributed by atoms with Crippen LogP contribution < -0.4 is 5.73 Å². The van der Waals surface area contributed by atoms with E-state index in [1.165, 1.54) is 0 Å². The molecule has 2 N–H and O–H groups in total. The summed E-state index contributed by atoms with van der Waals surface area (Å²) in [5.74, 6) is 0.891. The number of para-hydroxylation sites is 1. The molecular weight excluding hydrogens is 234 g/mol. The molecule has 1 heterocycles. The lowest BCUT2D eigenvalue weighted by Gasteiger charge is -2.20. The van der Waals surface area contributed by atoms with Crippen molar-refractivity contribution in [2.75, 3.05) is 0 Å². The fourth-order valence-electron chi connectivity index (χ4n) is 2.07. The third kappa shape index (κ3) is 2.17. The third-order valence-electron chi connectivity index (χ3n) is 2.74. The van der Waals surface area contributed by atoms with Crippen LogP contribution in [0.3, 0.4) is 0 Å². The largest absolute Gasteiger partial charge is 0.325 e. The summed E-state index contributed by atoms with van der Waals surface area (Å²) in [6.07, 6.45) is 1.03. The van der Waals surface area contributed by atoms with E-state index in [0.29, 0.717) is 0 Å². The lowest BCUT2D eigenvalue weighted by atomic mass is 10.1. The Kier molecular flexibility index (Phi) is 3.15. The highest BCUT2D eigenvalue weighted by atomic mass is 35.5. The van der Waals surface area contributed by atoms with E-state index in [2.05, 4.69) is 16.5 Å². The van der Waals surface area contributed by atoms with Gasteiger partial charge in [-0.05, 0) is 32.4 Å². The predicted octanol–water partition coefficient (Wildman–Crippen LogP) is 3.29. The van der Waals surface area contributed by atoms with Crippen molar-refractivity contribution >= 4 is 22.6 Å². The summed E-state index contributed by atoms with van der Waals surface area (Å²) in [5, 5.41) is 0.735. The Hall–Kier alpha value is -1.06. The molecule has 0 aliphatic heterocycles. The Labute approximate surface area is 107 Å². The topological polar surface area (TPSA) is 43.8 Å². The molecule has 0 aliphatic carbocycles. The van der Waals surface area contributed by atoms with E-state index in [-0.39, 0.29) is 0 Å². The van der Waals surface area contributed by atoms with Crippen LogP contribution in [0.2, 0.25) is 5.02 Å². The van der Waals surface area contributed by atoms with E-state index in [1.807, 2.05) is 32.0 Å². The molecule has 2 aromatic rings. The Balaban J connectivity index is 2.76. The molecule has 17 heavy (non-hydrogen) atoms. The zero-order chi connectivity index (χ0) is 12.6. The number of rotatable bonds is 3. The second-order valence-electron chi connectivity index (χ2n) is 4.92. The molecule has 4 heteroatoms. The Morgan fingerprint density at radius 2 is 2.12 bits per heavy atom. The summed E-state index contributed by atoms with van der Waals surface area (Å²) in [6.45, 7) is 6.95. The summed E-state index contributed by atoms with van der Waals surface area (Å²) in [4.78, 5) is 4.62. The number of imidazole rings is 1. The lowest BCUT2D eigenvalue weighted by molar-refractivity contribution is 0.477. The third-order valence-corrected chi connectivity index (χ3v) is 3.05. The molecular formula is C13H18ClN3. The fourth-order valence-corrected chi connectivity index (χ4v) is 2.35. The summed E-state index contributed by atoms with van der Waals surface area (Å²) >= 11 is 6.26. The highest BCUT2D eigenvalue weighted by Gasteiger charge is 2.23. The van der Waals surface area contributed by atoms with Crippen LogP contribution in [0.1, 0.15) is 33.0 Å². The van der Waals surface area contributed by atoms with Gasteiger partial charge in [-0.3, -0.25) is 0 Å². The minimum atomic E-state index is -0.461. The van der Waals surface area contributed by atoms with Gasteiger partial charge < -0.3 is 10.3 Å². The lowest BCUT2D eigenvalue weighted by Crippen LogP contribution is -2.32. The molecule has 0 spiro atoms. The molecule has 0 saturated heterocycles. The Morgan fingerprint density at radius 1 is 1.41 bits per heavy atom. The van der Waals surface area contributed by atoms with Gasteiger partial charge in [0.15, 0.2) is 0 Å². The van der Waals surface area contributed by atoms with E-state index in [0.717, 1.165) is 34.8 Å². The minimum Gasteiger partial charge on any atom is -0.325 e. The first kappa shape index (κ1) is 12.4. The number of aromatic nitrogens is 2. The monoisotopic (exact) mass is 251 g/mol. The van der Waals surface area contributed by atoms with Gasteiger partial charge in [0.05, 0.1) is 21.6 Å². The number of hydrogen-bond acceptors (Lipinski definition) is 2. The zero-order valence-corrected chi connectivity index (χ0v) is 11.3. The number of fused-ring (bicyclic) bond motifs is 1. The molecule has 0 fully saturated rings. The second-order valence-corrected chi connectivity index (χ2v) is 5.32. The summed E-state index contributed by atoms with van der Waals surface area (Å²) in [6, 6.07) is 5.79. The average Bonchev–Trinajstić information content (AvgIpc) is 2.59. The van der Waals surface area contributed by atoms with Crippen LogP contribution in [-0.2, 0) is 12.1 Å². The summed E-state index contributed by atoms with van der Waals surface area (Å²) in [5.41, 5.74) is 7.62. The Morgan fingerprint density at radius 3 is 2.71 bits per heavy atom. The number of halogens is 1. The molecule has 2 rings (SSSR count). The number of nitrogens with zero attached hydrogens (tertiary/aromatic N) is 2. The normalized spacial score (nSPS) is 12.3. The molecule has 0 unspecified atom stereocenters. The van der Waals surface area contributed by atoms with Crippen LogP contribution in [0.5, 0.6) is 0 Å². The maximum atomic E-state index is 6.26. The van der Waals surface area contributed by atoms with Crippen molar-refractivity contribution in [2.24, 2.45) is 5.73 Å². The second kappa shape index (κ2) is 4.31. The molecule has 0 aliphatic rings. The number of aryl methyl sites for hydroxylation is 1. The van der Waals surface area contributed by atoms with Gasteiger partial charge in [-0.25, -0.2) is 4.98 Å². The molecule has 1 aromatic carbocycles. The van der Waals surface area contributed by atoms with Gasteiger partial charge in [0.25, 0.3) is 0 Å². The number of benzene rings is 1. The van der Waals surface area contributed by atoms with Crippen molar-refractivity contribution in [3.05, 3.63) is 29.0 Å². The maximum absolute atomic E-state index is 6.26. The van der Waals surface area contributed by atoms with Crippen molar-refractivity contribution < 1.29 is 0 Å². The Bertz CT molecular complexity index is 537. The molecule has 0 amide bonds. The molecule has 92 valence electrons. The first-order valence-electron chi connectivity index (χ1n) is 5.89. The summed E-state index contributed by atoms with van der Waals surface area (Å²) < 4.78 is 2.14. The summed E-state index contributed by atoms with van der Waals surface area (Å²) in [7, 11) is 0. The van der Waals surface area contributed by atoms with Crippen LogP contribution in [0.4, 0.5) is 0 Å². The van der Waals surface area contributed by atoms with Crippen LogP contribution >= 0.6 is 11.6 Å². The zero-order valence-electron chi connectivity index (χ0n) is 10.5. The highest BCUT2D eigenvalue weighted by Crippen LogP contribution is 2.28. The van der Waals surface area contributed by atoms with Crippen molar-refractivity contribution in [1.29, 1.82) is 0 Å². The average molecular weight is 252 g/mol. The van der Waals surface area contributed by atoms with Crippen LogP contribution in [0, 0.1) is 0 Å². The van der Waals surface area contributed by atoms with Gasteiger partial charge in [-0.2, -0.15) is 0 Å². The van der Waals surface area contributed by atoms with E-state index in [9.17, 15) is 0 Å². The first-order chi connectivity index (χ1) is 7.95. The molecule has 0 atom stereocenters. The van der Waals surface area contributed by atoms with Crippen LogP contribution in [0.25, 0.3) is 11.0 Å². The standard InChI is InChI=1S/C13H18ClN3/c1-4-8-17-11-9(14)6-5-7-10(11)16-12(17)13(2,3)15/h5-7H,4,8,15H2,1-3H3. The van der Waals surface area contributed by atoms with E-state index in [4.69, 9.17) is 17.3 Å². The highest BCUT2D eigenvalue weighted by molar-refractivity contribution is 6.35. The molecule has 3 nitrogen and oxygen atoms in total. The number of hydrogen-bond donors (Lipinski definition) is 1. The van der Waals surface area contributed by atoms with E-state index >= 15 is 0 Å². The molecule has 0 bridgehead atoms. The number of nitrogens with two attached hydrogens (primary N) is 1. The minimum absolute atomic E-state index is 0.461. The first-order valence-corrected chi connectivity index (χ1v) is 6.27. The van der Waals surface area contributed by atoms with Crippen LogP contribution in [-0.4, -0.2) is 9.55 Å². The quantitative estimate of drug-likeness (QED) is 0.910. The smallest absolute Gasteiger partial charge is 0.129 e. The molecule has 0 saturated carbocycles. The van der Waals surface area contributed by atoms with Gasteiger partial charge in [0, 0.05) is 6.54 Å². The van der Waals surface area contributed by atoms with Crippen molar-refractivity contribution in [2.45, 2.75) is 39.3 Å². The molecule has 0 radical (unpaired) electrons.